The summed E-state index contributed by atoms with van der Waals surface area (Å²) in [6, 6.07) is 22.7. The minimum absolute atomic E-state index is 0.0421. The van der Waals surface area contributed by atoms with Crippen LogP contribution in [0, 0.1) is 0 Å². The van der Waals surface area contributed by atoms with Gasteiger partial charge in [-0.3, -0.25) is 14.6 Å². The molecule has 1 aliphatic heterocycles. The first kappa shape index (κ1) is 24.3. The molecule has 0 saturated heterocycles. The largest absolute Gasteiger partial charge is 0.506 e. The number of phenols is 1. The van der Waals surface area contributed by atoms with Gasteiger partial charge in [0.25, 0.3) is 11.8 Å². The van der Waals surface area contributed by atoms with E-state index in [0.29, 0.717) is 44.0 Å². The Balaban J connectivity index is 1.41. The Bertz CT molecular complexity index is 1530. The summed E-state index contributed by atoms with van der Waals surface area (Å²) in [5, 5.41) is 11.5. The normalized spacial score (nSPS) is 13.0. The minimum Gasteiger partial charge on any atom is -0.506 e. The third-order valence-electron chi connectivity index (χ3n) is 5.83. The van der Waals surface area contributed by atoms with E-state index in [1.54, 1.807) is 36.4 Å². The number of nitrogens with zero attached hydrogens (tertiary/aromatic N) is 2. The number of halogens is 3. The van der Waals surface area contributed by atoms with Crippen molar-refractivity contribution in [3.8, 4) is 5.75 Å². The average Bonchev–Trinajstić information content (AvgIpc) is 3.12. The number of anilines is 1. The summed E-state index contributed by atoms with van der Waals surface area (Å²) in [6.45, 7) is 0. The highest BCUT2D eigenvalue weighted by molar-refractivity contribution is 9.10. The number of amides is 2. The number of rotatable bonds is 5. The van der Waals surface area contributed by atoms with Gasteiger partial charge in [-0.15, -0.1) is 0 Å². The summed E-state index contributed by atoms with van der Waals surface area (Å²) in [6.07, 6.45) is 2.09. The Morgan fingerprint density at radius 3 is 2.19 bits per heavy atom. The van der Waals surface area contributed by atoms with E-state index in [1.807, 2.05) is 36.4 Å². The number of aromatic hydroxyl groups is 1. The molecule has 0 radical (unpaired) electrons. The van der Waals surface area contributed by atoms with Crippen LogP contribution < -0.4 is 4.90 Å². The van der Waals surface area contributed by atoms with Crippen LogP contribution in [0.2, 0.25) is 10.0 Å². The zero-order chi connectivity index (χ0) is 25.4. The van der Waals surface area contributed by atoms with E-state index in [2.05, 4.69) is 20.9 Å². The number of phenolic OH excluding ortho intramolecular Hbond substituents is 1. The molecule has 2 amide bonds. The van der Waals surface area contributed by atoms with Gasteiger partial charge < -0.3 is 5.11 Å². The van der Waals surface area contributed by atoms with Crippen molar-refractivity contribution in [3.05, 3.63) is 121 Å². The van der Waals surface area contributed by atoms with Gasteiger partial charge in [0.2, 0.25) is 0 Å². The third-order valence-corrected chi connectivity index (χ3v) is 7.11. The lowest BCUT2D eigenvalue weighted by Crippen LogP contribution is -2.29. The van der Waals surface area contributed by atoms with E-state index < -0.39 is 11.8 Å². The highest BCUT2D eigenvalue weighted by atomic mass is 79.9. The van der Waals surface area contributed by atoms with E-state index in [0.717, 1.165) is 16.0 Å². The first-order valence-electron chi connectivity index (χ1n) is 10.9. The van der Waals surface area contributed by atoms with Gasteiger partial charge in [0.1, 0.15) is 5.75 Å². The number of benzene rings is 4. The molecule has 0 aromatic heterocycles. The van der Waals surface area contributed by atoms with E-state index in [1.165, 1.54) is 12.3 Å². The Kier molecular flexibility index (Phi) is 6.67. The Morgan fingerprint density at radius 2 is 1.53 bits per heavy atom. The fraction of sp³-hybridized carbons (Fsp3) is 0.0357. The summed E-state index contributed by atoms with van der Waals surface area (Å²) >= 11 is 16.2. The number of fused-ring (bicyclic) bond motifs is 1. The summed E-state index contributed by atoms with van der Waals surface area (Å²) in [7, 11) is 0. The van der Waals surface area contributed by atoms with Gasteiger partial charge >= 0.3 is 0 Å². The summed E-state index contributed by atoms with van der Waals surface area (Å²) in [5.74, 6) is -0.749. The van der Waals surface area contributed by atoms with E-state index in [9.17, 15) is 14.7 Å². The van der Waals surface area contributed by atoms with Crippen molar-refractivity contribution >= 4 is 68.5 Å². The molecule has 36 heavy (non-hydrogen) atoms. The smallest absolute Gasteiger partial charge is 0.266 e. The van der Waals surface area contributed by atoms with Crippen LogP contribution >= 0.6 is 39.1 Å². The van der Waals surface area contributed by atoms with Crippen LogP contribution in [0.3, 0.4) is 0 Å². The fourth-order valence-corrected chi connectivity index (χ4v) is 4.99. The number of carbonyl (C=O) groups is 2. The first-order valence-corrected chi connectivity index (χ1v) is 12.4. The van der Waals surface area contributed by atoms with Gasteiger partial charge in [0, 0.05) is 16.8 Å². The lowest BCUT2D eigenvalue weighted by Gasteiger charge is -2.14. The van der Waals surface area contributed by atoms with Crippen molar-refractivity contribution in [2.45, 2.75) is 6.42 Å². The standard InChI is InChI=1S/C28H17BrCl2N2O3/c29-22-13-16(11-17-5-1-4-8-23(17)30)12-18(26(22)34)15-32-25-10-9-19(14-24(25)31)33-27(35)20-6-2-3-7-21(20)28(33)36/h1-10,12-15,34H,11H2. The average molecular weight is 580 g/mol. The molecular formula is C28H17BrCl2N2O3. The number of hydrogen-bond acceptors (Lipinski definition) is 4. The quantitative estimate of drug-likeness (QED) is 0.195. The molecule has 0 unspecified atom stereocenters. The van der Waals surface area contributed by atoms with Crippen molar-refractivity contribution < 1.29 is 14.7 Å². The molecule has 4 aromatic rings. The molecule has 4 aromatic carbocycles. The zero-order valence-electron chi connectivity index (χ0n) is 18.6. The van der Waals surface area contributed by atoms with Crippen LogP contribution in [0.25, 0.3) is 0 Å². The van der Waals surface area contributed by atoms with Gasteiger partial charge in [0.05, 0.1) is 32.0 Å². The van der Waals surface area contributed by atoms with Crippen LogP contribution in [0.1, 0.15) is 37.4 Å². The minimum atomic E-state index is -0.395. The molecule has 1 heterocycles. The monoisotopic (exact) mass is 578 g/mol. The zero-order valence-corrected chi connectivity index (χ0v) is 21.7. The topological polar surface area (TPSA) is 70.0 Å². The summed E-state index contributed by atoms with van der Waals surface area (Å²) in [4.78, 5) is 31.1. The molecule has 0 aliphatic carbocycles. The Hall–Kier alpha value is -3.45. The highest BCUT2D eigenvalue weighted by Gasteiger charge is 2.36. The molecular weight excluding hydrogens is 563 g/mol. The van der Waals surface area contributed by atoms with Gasteiger partial charge in [-0.2, -0.15) is 0 Å². The number of aliphatic imine (C=N–C) groups is 1. The second kappa shape index (κ2) is 9.90. The van der Waals surface area contributed by atoms with Crippen molar-refractivity contribution in [3.63, 3.8) is 0 Å². The fourth-order valence-electron chi connectivity index (χ4n) is 4.04. The van der Waals surface area contributed by atoms with Crippen LogP contribution in [0.15, 0.2) is 88.3 Å². The molecule has 0 atom stereocenters. The SMILES string of the molecule is O=C1c2ccccc2C(=O)N1c1ccc(N=Cc2cc(Cc3ccccc3Cl)cc(Br)c2O)c(Cl)c1. The van der Waals surface area contributed by atoms with Crippen molar-refractivity contribution in [2.75, 3.05) is 4.90 Å². The Morgan fingerprint density at radius 1 is 0.861 bits per heavy atom. The number of hydrogen-bond donors (Lipinski definition) is 1. The van der Waals surface area contributed by atoms with E-state index in [-0.39, 0.29) is 10.8 Å². The van der Waals surface area contributed by atoms with Crippen molar-refractivity contribution in [1.82, 2.24) is 0 Å². The van der Waals surface area contributed by atoms with Crippen LogP contribution in [0.5, 0.6) is 5.75 Å². The van der Waals surface area contributed by atoms with E-state index >= 15 is 0 Å². The molecule has 0 spiro atoms. The molecule has 0 bridgehead atoms. The molecule has 1 aliphatic rings. The van der Waals surface area contributed by atoms with Gasteiger partial charge in [-0.1, -0.05) is 53.5 Å². The maximum absolute atomic E-state index is 12.8. The maximum atomic E-state index is 12.8. The maximum Gasteiger partial charge on any atom is 0.266 e. The van der Waals surface area contributed by atoms with Gasteiger partial charge in [0.15, 0.2) is 0 Å². The molecule has 0 fully saturated rings. The predicted molar refractivity (Wildman–Crippen MR) is 146 cm³/mol. The molecule has 5 nitrogen and oxygen atoms in total. The van der Waals surface area contributed by atoms with Crippen molar-refractivity contribution in [1.29, 1.82) is 0 Å². The van der Waals surface area contributed by atoms with Crippen LogP contribution in [-0.2, 0) is 6.42 Å². The highest BCUT2D eigenvalue weighted by Crippen LogP contribution is 2.35. The summed E-state index contributed by atoms with van der Waals surface area (Å²) in [5.41, 5.74) is 3.89. The molecule has 8 heteroatoms. The second-order valence-corrected chi connectivity index (χ2v) is 9.84. The van der Waals surface area contributed by atoms with Gasteiger partial charge in [-0.05, 0) is 82.0 Å². The molecule has 0 saturated carbocycles. The third kappa shape index (κ3) is 4.55. The lowest BCUT2D eigenvalue weighted by molar-refractivity contribution is 0.0926. The van der Waals surface area contributed by atoms with Crippen LogP contribution in [0.4, 0.5) is 11.4 Å². The lowest BCUT2D eigenvalue weighted by atomic mass is 10.0. The molecule has 5 rings (SSSR count). The molecule has 1 N–H and O–H groups in total. The second-order valence-electron chi connectivity index (χ2n) is 8.17. The van der Waals surface area contributed by atoms with E-state index in [4.69, 9.17) is 23.2 Å². The number of carbonyl (C=O) groups excluding carboxylic acids is 2. The van der Waals surface area contributed by atoms with Crippen LogP contribution in [-0.4, -0.2) is 23.1 Å². The Labute approximate surface area is 225 Å². The molecule has 178 valence electrons. The first-order chi connectivity index (χ1) is 17.3. The number of imide groups is 1. The summed E-state index contributed by atoms with van der Waals surface area (Å²) < 4.78 is 0.528. The van der Waals surface area contributed by atoms with Crippen molar-refractivity contribution in [2.24, 2.45) is 4.99 Å². The predicted octanol–water partition coefficient (Wildman–Crippen LogP) is 7.60. The van der Waals surface area contributed by atoms with Gasteiger partial charge in [-0.25, -0.2) is 4.90 Å².